The molecule has 1 fully saturated rings. The molecule has 0 spiro atoms. The second kappa shape index (κ2) is 5.58. The topological polar surface area (TPSA) is 60.2 Å². The van der Waals surface area contributed by atoms with Gasteiger partial charge >= 0.3 is 0 Å². The lowest BCUT2D eigenvalue weighted by molar-refractivity contribution is 0.0830. The van der Waals surface area contributed by atoms with Crippen LogP contribution < -0.4 is 5.32 Å². The Morgan fingerprint density at radius 2 is 1.90 bits per heavy atom. The second-order valence-corrected chi connectivity index (χ2v) is 5.78. The van der Waals surface area contributed by atoms with Crippen LogP contribution in [0.15, 0.2) is 28.8 Å². The molecule has 110 valence electrons. The monoisotopic (exact) mass is 285 g/mol. The molecule has 0 radical (unpaired) electrons. The maximum Gasteiger partial charge on any atom is 0.244 e. The molecule has 2 aliphatic rings. The fraction of sp³-hybridized carbons (Fsp3) is 0.500. The molecule has 1 saturated heterocycles. The number of nitrogens with one attached hydrogen (secondary N) is 1. The molecule has 1 atom stereocenters. The van der Waals surface area contributed by atoms with E-state index in [0.717, 1.165) is 44.8 Å². The van der Waals surface area contributed by atoms with Crippen LogP contribution in [0, 0.1) is 0 Å². The Kier molecular flexibility index (Phi) is 3.45. The highest BCUT2D eigenvalue weighted by Crippen LogP contribution is 2.28. The van der Waals surface area contributed by atoms with Gasteiger partial charge in [0.25, 0.3) is 0 Å². The molecule has 0 bridgehead atoms. The van der Waals surface area contributed by atoms with Crippen molar-refractivity contribution < 1.29 is 9.26 Å². The van der Waals surface area contributed by atoms with Crippen molar-refractivity contribution in [1.29, 1.82) is 0 Å². The molecular formula is C16H19N3O2. The van der Waals surface area contributed by atoms with E-state index >= 15 is 0 Å². The van der Waals surface area contributed by atoms with Gasteiger partial charge in [-0.1, -0.05) is 29.4 Å². The molecule has 0 saturated carbocycles. The fourth-order valence-electron chi connectivity index (χ4n) is 3.14. The Balaban J connectivity index is 1.51. The molecule has 1 N–H and O–H groups in total. The first kappa shape index (κ1) is 13.0. The van der Waals surface area contributed by atoms with Crippen LogP contribution in [0.5, 0.6) is 0 Å². The van der Waals surface area contributed by atoms with Gasteiger partial charge in [-0.05, 0) is 30.4 Å². The van der Waals surface area contributed by atoms with E-state index in [9.17, 15) is 0 Å². The summed E-state index contributed by atoms with van der Waals surface area (Å²) < 4.78 is 10.9. The smallest absolute Gasteiger partial charge is 0.244 e. The van der Waals surface area contributed by atoms with Crippen molar-refractivity contribution in [3.63, 3.8) is 0 Å². The van der Waals surface area contributed by atoms with Crippen LogP contribution in [0.1, 0.15) is 47.6 Å². The number of benzene rings is 1. The van der Waals surface area contributed by atoms with E-state index in [1.165, 1.54) is 11.1 Å². The SMILES string of the molecule is c1ccc2c(c1)CN[C@H](c1nc(C3CCOCC3)no1)C2. The summed E-state index contributed by atoms with van der Waals surface area (Å²) in [5.41, 5.74) is 2.73. The lowest BCUT2D eigenvalue weighted by Gasteiger charge is -2.23. The van der Waals surface area contributed by atoms with E-state index in [-0.39, 0.29) is 6.04 Å². The minimum atomic E-state index is 0.126. The van der Waals surface area contributed by atoms with Gasteiger partial charge in [0.1, 0.15) is 0 Å². The van der Waals surface area contributed by atoms with E-state index in [2.05, 4.69) is 39.7 Å². The summed E-state index contributed by atoms with van der Waals surface area (Å²) in [7, 11) is 0. The highest BCUT2D eigenvalue weighted by atomic mass is 16.5. The van der Waals surface area contributed by atoms with Gasteiger partial charge < -0.3 is 14.6 Å². The highest BCUT2D eigenvalue weighted by molar-refractivity contribution is 5.30. The zero-order valence-electron chi connectivity index (χ0n) is 11.9. The van der Waals surface area contributed by atoms with E-state index in [1.54, 1.807) is 0 Å². The van der Waals surface area contributed by atoms with E-state index in [4.69, 9.17) is 9.26 Å². The molecule has 2 aromatic rings. The van der Waals surface area contributed by atoms with Crippen molar-refractivity contribution in [1.82, 2.24) is 15.5 Å². The van der Waals surface area contributed by atoms with Crippen LogP contribution in [0.3, 0.4) is 0 Å². The Labute approximate surface area is 123 Å². The summed E-state index contributed by atoms with van der Waals surface area (Å²) >= 11 is 0. The number of fused-ring (bicyclic) bond motifs is 1. The Hall–Kier alpha value is -1.72. The molecule has 2 aliphatic heterocycles. The van der Waals surface area contributed by atoms with Crippen molar-refractivity contribution in [2.75, 3.05) is 13.2 Å². The van der Waals surface area contributed by atoms with Crippen LogP contribution in [0.25, 0.3) is 0 Å². The fourth-order valence-corrected chi connectivity index (χ4v) is 3.14. The molecule has 0 unspecified atom stereocenters. The number of nitrogens with zero attached hydrogens (tertiary/aromatic N) is 2. The third kappa shape index (κ3) is 2.59. The maximum atomic E-state index is 5.51. The predicted molar refractivity (Wildman–Crippen MR) is 76.8 cm³/mol. The summed E-state index contributed by atoms with van der Waals surface area (Å²) in [6, 6.07) is 8.64. The van der Waals surface area contributed by atoms with E-state index in [0.29, 0.717) is 11.8 Å². The molecule has 4 rings (SSSR count). The van der Waals surface area contributed by atoms with Crippen molar-refractivity contribution in [2.45, 2.75) is 37.8 Å². The zero-order chi connectivity index (χ0) is 14.1. The first-order valence-electron chi connectivity index (χ1n) is 7.61. The van der Waals surface area contributed by atoms with Crippen molar-refractivity contribution in [3.8, 4) is 0 Å². The molecule has 1 aromatic carbocycles. The minimum Gasteiger partial charge on any atom is -0.381 e. The lowest BCUT2D eigenvalue weighted by Crippen LogP contribution is -2.28. The van der Waals surface area contributed by atoms with Gasteiger partial charge in [0.2, 0.25) is 5.89 Å². The Bertz CT molecular complexity index is 619. The number of hydrogen-bond acceptors (Lipinski definition) is 5. The third-order valence-electron chi connectivity index (χ3n) is 4.42. The molecule has 0 aliphatic carbocycles. The van der Waals surface area contributed by atoms with Gasteiger partial charge in [-0.25, -0.2) is 0 Å². The van der Waals surface area contributed by atoms with Crippen molar-refractivity contribution in [3.05, 3.63) is 47.1 Å². The lowest BCUT2D eigenvalue weighted by atomic mass is 9.96. The van der Waals surface area contributed by atoms with Crippen LogP contribution >= 0.6 is 0 Å². The first-order chi connectivity index (χ1) is 10.4. The van der Waals surface area contributed by atoms with Gasteiger partial charge in [0.15, 0.2) is 5.82 Å². The van der Waals surface area contributed by atoms with Crippen molar-refractivity contribution in [2.24, 2.45) is 0 Å². The number of rotatable bonds is 2. The predicted octanol–water partition coefficient (Wildman–Crippen LogP) is 2.35. The summed E-state index contributed by atoms with van der Waals surface area (Å²) in [4.78, 5) is 4.63. The second-order valence-electron chi connectivity index (χ2n) is 5.78. The van der Waals surface area contributed by atoms with Gasteiger partial charge in [0.05, 0.1) is 6.04 Å². The standard InChI is InChI=1S/C16H19N3O2/c1-2-4-13-10-17-14(9-12(13)3-1)16-18-15(19-21-16)11-5-7-20-8-6-11/h1-4,11,14,17H,5-10H2/t14-/m0/s1. The molecule has 5 heteroatoms. The first-order valence-corrected chi connectivity index (χ1v) is 7.61. The quantitative estimate of drug-likeness (QED) is 0.917. The number of ether oxygens (including phenoxy) is 1. The highest BCUT2D eigenvalue weighted by Gasteiger charge is 2.27. The summed E-state index contributed by atoms with van der Waals surface area (Å²) in [6.45, 7) is 2.45. The Morgan fingerprint density at radius 3 is 2.76 bits per heavy atom. The van der Waals surface area contributed by atoms with Crippen LogP contribution in [0.2, 0.25) is 0 Å². The van der Waals surface area contributed by atoms with Gasteiger partial charge in [0, 0.05) is 25.7 Å². The van der Waals surface area contributed by atoms with Crippen LogP contribution in [-0.2, 0) is 17.7 Å². The van der Waals surface area contributed by atoms with Crippen LogP contribution in [0.4, 0.5) is 0 Å². The van der Waals surface area contributed by atoms with E-state index < -0.39 is 0 Å². The average molecular weight is 285 g/mol. The molecule has 0 amide bonds. The summed E-state index contributed by atoms with van der Waals surface area (Å²) in [5.74, 6) is 1.94. The molecule has 3 heterocycles. The Morgan fingerprint density at radius 1 is 1.10 bits per heavy atom. The van der Waals surface area contributed by atoms with Gasteiger partial charge in [-0.15, -0.1) is 0 Å². The average Bonchev–Trinajstić information content (AvgIpc) is 3.05. The summed E-state index contributed by atoms with van der Waals surface area (Å²) in [6.07, 6.45) is 2.88. The minimum absolute atomic E-state index is 0.126. The number of hydrogen-bond donors (Lipinski definition) is 1. The normalized spacial score (nSPS) is 23.0. The molecule has 21 heavy (non-hydrogen) atoms. The maximum absolute atomic E-state index is 5.51. The van der Waals surface area contributed by atoms with Crippen LogP contribution in [-0.4, -0.2) is 23.4 Å². The molecular weight excluding hydrogens is 266 g/mol. The zero-order valence-corrected chi connectivity index (χ0v) is 11.9. The van der Waals surface area contributed by atoms with E-state index in [1.807, 2.05) is 0 Å². The van der Waals surface area contributed by atoms with Crippen molar-refractivity contribution >= 4 is 0 Å². The van der Waals surface area contributed by atoms with Gasteiger partial charge in [-0.3, -0.25) is 0 Å². The molecule has 1 aromatic heterocycles. The largest absolute Gasteiger partial charge is 0.381 e. The summed E-state index contributed by atoms with van der Waals surface area (Å²) in [5, 5.41) is 7.68. The number of aromatic nitrogens is 2. The molecule has 5 nitrogen and oxygen atoms in total. The van der Waals surface area contributed by atoms with Gasteiger partial charge in [-0.2, -0.15) is 4.98 Å². The third-order valence-corrected chi connectivity index (χ3v) is 4.42.